The Hall–Kier alpha value is -2.60. The maximum Gasteiger partial charge on any atom is 0.272 e. The van der Waals surface area contributed by atoms with E-state index >= 15 is 0 Å². The van der Waals surface area contributed by atoms with Crippen LogP contribution in [0.5, 0.6) is 0 Å². The molecule has 2 amide bonds. The lowest BCUT2D eigenvalue weighted by Crippen LogP contribution is -2.15. The van der Waals surface area contributed by atoms with E-state index in [1.165, 1.54) is 0 Å². The fourth-order valence-electron chi connectivity index (χ4n) is 2.68. The molecule has 0 bridgehead atoms. The van der Waals surface area contributed by atoms with E-state index in [1.54, 1.807) is 18.2 Å². The molecule has 0 spiro atoms. The summed E-state index contributed by atoms with van der Waals surface area (Å²) >= 11 is 3.42. The molecule has 0 radical (unpaired) electrons. The number of anilines is 2. The summed E-state index contributed by atoms with van der Waals surface area (Å²) in [6.07, 6.45) is 1.91. The number of benzene rings is 2. The van der Waals surface area contributed by atoms with Gasteiger partial charge < -0.3 is 15.6 Å². The zero-order valence-corrected chi connectivity index (χ0v) is 14.9. The number of H-pyrrole nitrogens is 1. The lowest BCUT2D eigenvalue weighted by molar-refractivity contribution is -0.117. The van der Waals surface area contributed by atoms with E-state index in [2.05, 4.69) is 31.5 Å². The first kappa shape index (κ1) is 15.9. The normalized spacial score (nSPS) is 13.6. The van der Waals surface area contributed by atoms with Crippen LogP contribution >= 0.6 is 15.9 Å². The maximum absolute atomic E-state index is 12.5. The van der Waals surface area contributed by atoms with E-state index in [1.807, 2.05) is 30.3 Å². The van der Waals surface area contributed by atoms with Crippen molar-refractivity contribution in [2.75, 3.05) is 10.6 Å². The molecule has 25 heavy (non-hydrogen) atoms. The van der Waals surface area contributed by atoms with Crippen molar-refractivity contribution in [3.8, 4) is 0 Å². The summed E-state index contributed by atoms with van der Waals surface area (Å²) in [7, 11) is 0. The van der Waals surface area contributed by atoms with Gasteiger partial charge in [-0.3, -0.25) is 9.59 Å². The molecule has 0 unspecified atom stereocenters. The van der Waals surface area contributed by atoms with E-state index < -0.39 is 0 Å². The summed E-state index contributed by atoms with van der Waals surface area (Å²) in [5, 5.41) is 6.71. The van der Waals surface area contributed by atoms with Crippen molar-refractivity contribution in [1.29, 1.82) is 0 Å². The summed E-state index contributed by atoms with van der Waals surface area (Å²) in [6.45, 7) is 0. The maximum atomic E-state index is 12.5. The Morgan fingerprint density at radius 1 is 1.00 bits per heavy atom. The van der Waals surface area contributed by atoms with Crippen molar-refractivity contribution in [3.63, 3.8) is 0 Å². The van der Waals surface area contributed by atoms with Crippen LogP contribution < -0.4 is 10.6 Å². The molecule has 1 aromatic heterocycles. The van der Waals surface area contributed by atoms with E-state index in [-0.39, 0.29) is 17.7 Å². The zero-order chi connectivity index (χ0) is 17.4. The van der Waals surface area contributed by atoms with Gasteiger partial charge in [0.05, 0.1) is 0 Å². The van der Waals surface area contributed by atoms with Gasteiger partial charge in [0.2, 0.25) is 5.91 Å². The average molecular weight is 398 g/mol. The van der Waals surface area contributed by atoms with Crippen LogP contribution in [0.1, 0.15) is 23.3 Å². The Kier molecular flexibility index (Phi) is 4.05. The minimum atomic E-state index is -0.224. The summed E-state index contributed by atoms with van der Waals surface area (Å²) < 4.78 is 0.952. The van der Waals surface area contributed by atoms with Gasteiger partial charge in [0.1, 0.15) is 5.69 Å². The first-order chi connectivity index (χ1) is 12.1. The van der Waals surface area contributed by atoms with Crippen molar-refractivity contribution in [3.05, 3.63) is 58.7 Å². The molecule has 0 atom stereocenters. The second kappa shape index (κ2) is 6.37. The Balaban J connectivity index is 1.50. The quantitative estimate of drug-likeness (QED) is 0.604. The first-order valence-corrected chi connectivity index (χ1v) is 8.88. The molecule has 1 fully saturated rings. The highest BCUT2D eigenvalue weighted by Gasteiger charge is 2.29. The number of hydrogen-bond donors (Lipinski definition) is 3. The third-order valence-corrected chi connectivity index (χ3v) is 4.66. The monoisotopic (exact) mass is 397 g/mol. The number of carbonyl (C=O) groups is 2. The molecule has 1 aliphatic carbocycles. The number of aromatic nitrogens is 1. The number of rotatable bonds is 4. The van der Waals surface area contributed by atoms with Crippen LogP contribution in [0.15, 0.2) is 53.0 Å². The van der Waals surface area contributed by atoms with E-state index in [0.717, 1.165) is 28.2 Å². The number of amides is 2. The molecule has 0 aliphatic heterocycles. The molecule has 0 saturated heterocycles. The van der Waals surface area contributed by atoms with Crippen LogP contribution in [0.2, 0.25) is 0 Å². The molecule has 3 aromatic rings. The highest BCUT2D eigenvalue weighted by atomic mass is 79.9. The fraction of sp³-hybridized carbons (Fsp3) is 0.158. The number of fused-ring (bicyclic) bond motifs is 1. The summed E-state index contributed by atoms with van der Waals surface area (Å²) in [5.41, 5.74) is 2.71. The van der Waals surface area contributed by atoms with Crippen LogP contribution in [0.4, 0.5) is 11.4 Å². The third-order valence-electron chi connectivity index (χ3n) is 4.17. The van der Waals surface area contributed by atoms with Gasteiger partial charge in [0, 0.05) is 32.7 Å². The molecule has 4 rings (SSSR count). The first-order valence-electron chi connectivity index (χ1n) is 8.09. The van der Waals surface area contributed by atoms with Crippen LogP contribution in [0.25, 0.3) is 10.9 Å². The summed E-state index contributed by atoms with van der Waals surface area (Å²) in [4.78, 5) is 27.4. The van der Waals surface area contributed by atoms with Crippen molar-refractivity contribution < 1.29 is 9.59 Å². The number of nitrogens with one attached hydrogen (secondary N) is 3. The molecule has 1 aliphatic rings. The van der Waals surface area contributed by atoms with Crippen LogP contribution in [0.3, 0.4) is 0 Å². The molecular weight excluding hydrogens is 382 g/mol. The van der Waals surface area contributed by atoms with Gasteiger partial charge in [-0.25, -0.2) is 0 Å². The van der Waals surface area contributed by atoms with Crippen molar-refractivity contribution in [2.45, 2.75) is 12.8 Å². The smallest absolute Gasteiger partial charge is 0.272 e. The highest BCUT2D eigenvalue weighted by Crippen LogP contribution is 2.30. The van der Waals surface area contributed by atoms with Crippen molar-refractivity contribution >= 4 is 50.0 Å². The summed E-state index contributed by atoms with van der Waals surface area (Å²) in [6, 6.07) is 14.8. The van der Waals surface area contributed by atoms with Crippen LogP contribution in [-0.4, -0.2) is 16.8 Å². The predicted octanol–water partition coefficient (Wildman–Crippen LogP) is 4.53. The van der Waals surface area contributed by atoms with Crippen LogP contribution in [-0.2, 0) is 4.79 Å². The number of carbonyl (C=O) groups excluding carboxylic acids is 2. The van der Waals surface area contributed by atoms with E-state index in [9.17, 15) is 9.59 Å². The Bertz CT molecular complexity index is 976. The Morgan fingerprint density at radius 3 is 2.52 bits per heavy atom. The van der Waals surface area contributed by atoms with Gasteiger partial charge in [-0.05, 0) is 49.2 Å². The molecule has 6 heteroatoms. The standard InChI is InChI=1S/C19H16BrN3O2/c20-13-7-6-12-8-17(23-16(12)9-13)19(25)22-15-3-1-2-14(10-15)21-18(24)11-4-5-11/h1-3,6-11,23H,4-5H2,(H,21,24)(H,22,25). The highest BCUT2D eigenvalue weighted by molar-refractivity contribution is 9.10. The molecule has 126 valence electrons. The predicted molar refractivity (Wildman–Crippen MR) is 102 cm³/mol. The largest absolute Gasteiger partial charge is 0.350 e. The second-order valence-electron chi connectivity index (χ2n) is 6.21. The van der Waals surface area contributed by atoms with Gasteiger partial charge in [-0.1, -0.05) is 28.1 Å². The molecule has 1 heterocycles. The van der Waals surface area contributed by atoms with Crippen molar-refractivity contribution in [2.24, 2.45) is 5.92 Å². The zero-order valence-electron chi connectivity index (χ0n) is 13.3. The van der Waals surface area contributed by atoms with E-state index in [4.69, 9.17) is 0 Å². The average Bonchev–Trinajstić information content (AvgIpc) is 3.35. The number of hydrogen-bond acceptors (Lipinski definition) is 2. The number of halogens is 1. The molecule has 3 N–H and O–H groups in total. The fourth-order valence-corrected chi connectivity index (χ4v) is 3.05. The third kappa shape index (κ3) is 3.58. The topological polar surface area (TPSA) is 74.0 Å². The van der Waals surface area contributed by atoms with Crippen molar-refractivity contribution in [1.82, 2.24) is 4.98 Å². The van der Waals surface area contributed by atoms with Crippen LogP contribution in [0, 0.1) is 5.92 Å². The van der Waals surface area contributed by atoms with E-state index in [0.29, 0.717) is 17.1 Å². The number of aromatic amines is 1. The molecule has 1 saturated carbocycles. The molecular formula is C19H16BrN3O2. The van der Waals surface area contributed by atoms with Gasteiger partial charge in [0.15, 0.2) is 0 Å². The molecule has 2 aromatic carbocycles. The van der Waals surface area contributed by atoms with Gasteiger partial charge in [-0.2, -0.15) is 0 Å². The molecule has 5 nitrogen and oxygen atoms in total. The Morgan fingerprint density at radius 2 is 1.76 bits per heavy atom. The minimum absolute atomic E-state index is 0.0460. The van der Waals surface area contributed by atoms with Gasteiger partial charge in [0.25, 0.3) is 5.91 Å². The summed E-state index contributed by atoms with van der Waals surface area (Å²) in [5.74, 6) is -0.0356. The Labute approximate surface area is 152 Å². The minimum Gasteiger partial charge on any atom is -0.350 e. The lowest BCUT2D eigenvalue weighted by Gasteiger charge is -2.08. The van der Waals surface area contributed by atoms with Gasteiger partial charge >= 0.3 is 0 Å². The SMILES string of the molecule is O=C(Nc1cccc(NC(=O)C2CC2)c1)c1cc2ccc(Br)cc2[nH]1. The second-order valence-corrected chi connectivity index (χ2v) is 7.13. The lowest BCUT2D eigenvalue weighted by atomic mass is 10.2. The van der Waals surface area contributed by atoms with Gasteiger partial charge in [-0.15, -0.1) is 0 Å².